The molecule has 0 atom stereocenters. The van der Waals surface area contributed by atoms with Crippen LogP contribution in [0, 0.1) is 0 Å². The summed E-state index contributed by atoms with van der Waals surface area (Å²) in [6, 6.07) is 0. The van der Waals surface area contributed by atoms with Gasteiger partial charge in [0.05, 0.1) is 0 Å². The van der Waals surface area contributed by atoms with Crippen molar-refractivity contribution in [3.05, 3.63) is 18.2 Å². The Bertz CT molecular complexity index is 400. The van der Waals surface area contributed by atoms with E-state index in [0.29, 0.717) is 0 Å². The Morgan fingerprint density at radius 2 is 1.15 bits per heavy atom. The van der Waals surface area contributed by atoms with Crippen molar-refractivity contribution in [2.45, 2.75) is 123 Å². The van der Waals surface area contributed by atoms with Gasteiger partial charge in [-0.1, -0.05) is 103 Å². The molecule has 0 fully saturated rings. The molecule has 0 amide bonds. The normalized spacial score (nSPS) is 11.2. The molecule has 0 radical (unpaired) electrons. The van der Waals surface area contributed by atoms with Crippen LogP contribution in [0.5, 0.6) is 0 Å². The van der Waals surface area contributed by atoms with E-state index in [0.717, 1.165) is 13.0 Å². The van der Waals surface area contributed by atoms with Crippen LogP contribution in [0.3, 0.4) is 0 Å². The minimum atomic E-state index is 0.947. The molecule has 0 saturated carbocycles. The largest absolute Gasteiger partial charge is 0.325 e. The van der Waals surface area contributed by atoms with Crippen LogP contribution in [0.15, 0.2) is 12.4 Å². The van der Waals surface area contributed by atoms with Gasteiger partial charge in [0.25, 0.3) is 0 Å². The summed E-state index contributed by atoms with van der Waals surface area (Å²) in [6.07, 6.45) is 27.8. The number of hydrogen-bond donors (Lipinski definition) is 1. The first-order valence-corrected chi connectivity index (χ1v) is 11.6. The van der Waals surface area contributed by atoms with Crippen LogP contribution in [0.4, 0.5) is 0 Å². The fourth-order valence-electron chi connectivity index (χ4n) is 3.66. The lowest BCUT2D eigenvalue weighted by molar-refractivity contribution is 0.528. The molecule has 1 rings (SSSR count). The van der Waals surface area contributed by atoms with E-state index in [2.05, 4.69) is 28.9 Å². The van der Waals surface area contributed by atoms with Crippen molar-refractivity contribution in [1.29, 1.82) is 0 Å². The van der Waals surface area contributed by atoms with Crippen molar-refractivity contribution in [3.63, 3.8) is 0 Å². The molecule has 0 saturated heterocycles. The zero-order chi connectivity index (χ0) is 18.7. The van der Waals surface area contributed by atoms with Gasteiger partial charge in [-0.25, -0.2) is 4.98 Å². The van der Waals surface area contributed by atoms with E-state index in [-0.39, 0.29) is 0 Å². The van der Waals surface area contributed by atoms with Gasteiger partial charge in [-0.05, 0) is 13.3 Å². The molecule has 1 aromatic heterocycles. The molecule has 26 heavy (non-hydrogen) atoms. The number of rotatable bonds is 19. The maximum absolute atomic E-state index is 4.44. The van der Waals surface area contributed by atoms with Crippen LogP contribution in [0.25, 0.3) is 0 Å². The summed E-state index contributed by atoms with van der Waals surface area (Å²) in [5.74, 6) is 1.18. The Morgan fingerprint density at radius 1 is 0.692 bits per heavy atom. The predicted molar refractivity (Wildman–Crippen MR) is 115 cm³/mol. The molecule has 0 aliphatic heterocycles. The van der Waals surface area contributed by atoms with Crippen LogP contribution < -0.4 is 5.43 Å². The molecule has 0 aliphatic rings. The van der Waals surface area contributed by atoms with Gasteiger partial charge in [0.1, 0.15) is 5.82 Å². The molecule has 0 aromatic carbocycles. The van der Waals surface area contributed by atoms with Crippen LogP contribution in [0.2, 0.25) is 0 Å². The molecule has 152 valence electrons. The zero-order valence-corrected chi connectivity index (χ0v) is 17.8. The smallest absolute Gasteiger partial charge is 0.127 e. The Morgan fingerprint density at radius 3 is 1.62 bits per heavy atom. The molecule has 0 spiro atoms. The predicted octanol–water partition coefficient (Wildman–Crippen LogP) is 7.25. The molecule has 3 nitrogen and oxygen atoms in total. The van der Waals surface area contributed by atoms with E-state index >= 15 is 0 Å². The maximum atomic E-state index is 4.44. The quantitative estimate of drug-likeness (QED) is 0.262. The molecule has 0 unspecified atom stereocenters. The number of imidazole rings is 1. The Kier molecular flexibility index (Phi) is 15.4. The van der Waals surface area contributed by atoms with Crippen molar-refractivity contribution in [1.82, 2.24) is 9.66 Å². The van der Waals surface area contributed by atoms with Gasteiger partial charge in [0.15, 0.2) is 0 Å². The molecule has 0 bridgehead atoms. The molecular formula is C23H45N3. The summed E-state index contributed by atoms with van der Waals surface area (Å²) in [4.78, 5) is 4.44. The molecule has 1 N–H and O–H groups in total. The Hall–Kier alpha value is -0.990. The van der Waals surface area contributed by atoms with E-state index in [1.165, 1.54) is 109 Å². The average molecular weight is 364 g/mol. The summed E-state index contributed by atoms with van der Waals surface area (Å²) in [5.41, 5.74) is 3.31. The monoisotopic (exact) mass is 363 g/mol. The number of nitrogens with one attached hydrogen (secondary N) is 1. The summed E-state index contributed by atoms with van der Waals surface area (Å²) < 4.78 is 2.07. The standard InChI is InChI=1S/C23H45N3/c1-3-5-6-7-8-9-10-11-12-13-14-15-16-17-18-19-20-23-24-21-22-26(23)25-4-2/h21-22,25H,3-20H2,1-2H3. The molecule has 0 aliphatic carbocycles. The van der Waals surface area contributed by atoms with Crippen LogP contribution in [0.1, 0.15) is 122 Å². The summed E-state index contributed by atoms with van der Waals surface area (Å²) in [5, 5.41) is 0. The topological polar surface area (TPSA) is 29.9 Å². The van der Waals surface area contributed by atoms with Gasteiger partial charge >= 0.3 is 0 Å². The van der Waals surface area contributed by atoms with Crippen LogP contribution >= 0.6 is 0 Å². The zero-order valence-electron chi connectivity index (χ0n) is 17.8. The highest BCUT2D eigenvalue weighted by Crippen LogP contribution is 2.14. The minimum Gasteiger partial charge on any atom is -0.325 e. The number of nitrogens with zero attached hydrogens (tertiary/aromatic N) is 2. The Balaban J connectivity index is 1.78. The number of aromatic nitrogens is 2. The van der Waals surface area contributed by atoms with Crippen LogP contribution in [-0.2, 0) is 6.42 Å². The second kappa shape index (κ2) is 17.4. The van der Waals surface area contributed by atoms with E-state index in [1.807, 2.05) is 12.4 Å². The highest BCUT2D eigenvalue weighted by atomic mass is 15.4. The lowest BCUT2D eigenvalue weighted by Gasteiger charge is -2.08. The second-order valence-corrected chi connectivity index (χ2v) is 7.78. The van der Waals surface area contributed by atoms with Gasteiger partial charge in [0.2, 0.25) is 0 Å². The minimum absolute atomic E-state index is 0.947. The third-order valence-electron chi connectivity index (χ3n) is 5.30. The van der Waals surface area contributed by atoms with E-state index in [1.54, 1.807) is 0 Å². The second-order valence-electron chi connectivity index (χ2n) is 7.78. The molecule has 3 heteroatoms. The van der Waals surface area contributed by atoms with Gasteiger partial charge in [-0.3, -0.25) is 4.68 Å². The van der Waals surface area contributed by atoms with Gasteiger partial charge in [0, 0.05) is 25.4 Å². The summed E-state index contributed by atoms with van der Waals surface area (Å²) >= 11 is 0. The number of unbranched alkanes of at least 4 members (excludes halogenated alkanes) is 15. The summed E-state index contributed by atoms with van der Waals surface area (Å²) in [6.45, 7) is 5.36. The third-order valence-corrected chi connectivity index (χ3v) is 5.30. The molecule has 1 aromatic rings. The lowest BCUT2D eigenvalue weighted by atomic mass is 10.0. The van der Waals surface area contributed by atoms with Crippen molar-refractivity contribution in [2.24, 2.45) is 0 Å². The van der Waals surface area contributed by atoms with Crippen LogP contribution in [-0.4, -0.2) is 16.2 Å². The fourth-order valence-corrected chi connectivity index (χ4v) is 3.66. The SMILES string of the molecule is CCCCCCCCCCCCCCCCCCc1nccn1NCC. The number of hydrogen-bond acceptors (Lipinski definition) is 2. The van der Waals surface area contributed by atoms with Crippen molar-refractivity contribution in [2.75, 3.05) is 12.0 Å². The van der Waals surface area contributed by atoms with Gasteiger partial charge in [-0.15, -0.1) is 0 Å². The van der Waals surface area contributed by atoms with E-state index in [4.69, 9.17) is 0 Å². The first kappa shape index (κ1) is 23.0. The third kappa shape index (κ3) is 12.4. The maximum Gasteiger partial charge on any atom is 0.127 e. The Labute approximate surface area is 163 Å². The van der Waals surface area contributed by atoms with Crippen molar-refractivity contribution in [3.8, 4) is 0 Å². The van der Waals surface area contributed by atoms with Gasteiger partial charge < -0.3 is 5.43 Å². The fraction of sp³-hybridized carbons (Fsp3) is 0.870. The van der Waals surface area contributed by atoms with Gasteiger partial charge in [-0.2, -0.15) is 0 Å². The first-order valence-electron chi connectivity index (χ1n) is 11.6. The first-order chi connectivity index (χ1) is 12.9. The number of aryl methyl sites for hydroxylation is 1. The summed E-state index contributed by atoms with van der Waals surface area (Å²) in [7, 11) is 0. The molecular weight excluding hydrogens is 318 g/mol. The van der Waals surface area contributed by atoms with Crippen molar-refractivity contribution >= 4 is 0 Å². The lowest BCUT2D eigenvalue weighted by Crippen LogP contribution is -2.16. The van der Waals surface area contributed by atoms with E-state index < -0.39 is 0 Å². The highest BCUT2D eigenvalue weighted by molar-refractivity contribution is 4.95. The van der Waals surface area contributed by atoms with Crippen molar-refractivity contribution < 1.29 is 0 Å². The average Bonchev–Trinajstić information content (AvgIpc) is 3.09. The molecule has 1 heterocycles. The highest BCUT2D eigenvalue weighted by Gasteiger charge is 2.01. The van der Waals surface area contributed by atoms with E-state index in [9.17, 15) is 0 Å².